The van der Waals surface area contributed by atoms with Crippen LogP contribution in [0.2, 0.25) is 0 Å². The minimum Gasteiger partial charge on any atom is -0.462 e. The molecular weight excluding hydrogens is 272 g/mol. The van der Waals surface area contributed by atoms with E-state index < -0.39 is 0 Å². The van der Waals surface area contributed by atoms with Crippen molar-refractivity contribution in [2.75, 3.05) is 0 Å². The highest BCUT2D eigenvalue weighted by molar-refractivity contribution is 8.00. The van der Waals surface area contributed by atoms with Crippen LogP contribution in [0.4, 0.5) is 0 Å². The number of rotatable bonds is 3. The molecule has 2 aromatic rings. The molecule has 0 bridgehead atoms. The monoisotopic (exact) mass is 288 g/mol. The van der Waals surface area contributed by atoms with Crippen LogP contribution in [0.1, 0.15) is 13.3 Å². The van der Waals surface area contributed by atoms with Crippen molar-refractivity contribution in [1.29, 1.82) is 0 Å². The van der Waals surface area contributed by atoms with Crippen molar-refractivity contribution in [3.05, 3.63) is 36.5 Å². The average Bonchev–Trinajstić information content (AvgIpc) is 2.95. The largest absolute Gasteiger partial charge is 0.462 e. The van der Waals surface area contributed by atoms with Gasteiger partial charge < -0.3 is 9.30 Å². The molecule has 4 nitrogen and oxygen atoms in total. The Morgan fingerprint density at radius 1 is 1.35 bits per heavy atom. The molecule has 104 valence electrons. The second-order valence-electron chi connectivity index (χ2n) is 4.94. The molecule has 0 amide bonds. The molecule has 0 aliphatic carbocycles. The summed E-state index contributed by atoms with van der Waals surface area (Å²) >= 11 is 1.48. The maximum Gasteiger partial charge on any atom is 0.319 e. The molecule has 5 heteroatoms. The number of esters is 1. The summed E-state index contributed by atoms with van der Waals surface area (Å²) in [5, 5.41) is 0.703. The van der Waals surface area contributed by atoms with E-state index in [-0.39, 0.29) is 17.3 Å². The van der Waals surface area contributed by atoms with Crippen LogP contribution in [0.5, 0.6) is 0 Å². The molecule has 2 heterocycles. The SMILES string of the molecule is C[C@@H]1C[C@H](Sc2ncc(-c3ccccc3)n2C)C(=O)O1. The fourth-order valence-corrected chi connectivity index (χ4v) is 3.47. The van der Waals surface area contributed by atoms with E-state index in [0.717, 1.165) is 22.8 Å². The topological polar surface area (TPSA) is 44.1 Å². The van der Waals surface area contributed by atoms with Gasteiger partial charge in [0.25, 0.3) is 0 Å². The average molecular weight is 288 g/mol. The molecule has 1 aromatic heterocycles. The van der Waals surface area contributed by atoms with Gasteiger partial charge in [-0.25, -0.2) is 4.98 Å². The summed E-state index contributed by atoms with van der Waals surface area (Å²) < 4.78 is 7.20. The summed E-state index contributed by atoms with van der Waals surface area (Å²) in [4.78, 5) is 16.1. The Kier molecular flexibility index (Phi) is 3.53. The van der Waals surface area contributed by atoms with Crippen molar-refractivity contribution >= 4 is 17.7 Å². The number of thioether (sulfide) groups is 1. The van der Waals surface area contributed by atoms with E-state index in [2.05, 4.69) is 17.1 Å². The van der Waals surface area contributed by atoms with Crippen molar-refractivity contribution in [2.45, 2.75) is 29.9 Å². The second kappa shape index (κ2) is 5.32. The fraction of sp³-hybridized carbons (Fsp3) is 0.333. The second-order valence-corrected chi connectivity index (χ2v) is 6.11. The Balaban J connectivity index is 1.83. The third-order valence-electron chi connectivity index (χ3n) is 3.39. The van der Waals surface area contributed by atoms with Crippen molar-refractivity contribution in [1.82, 2.24) is 9.55 Å². The number of carbonyl (C=O) groups is 1. The maximum absolute atomic E-state index is 11.7. The number of benzene rings is 1. The predicted molar refractivity (Wildman–Crippen MR) is 78.5 cm³/mol. The maximum atomic E-state index is 11.7. The lowest BCUT2D eigenvalue weighted by Crippen LogP contribution is -2.10. The number of nitrogens with zero attached hydrogens (tertiary/aromatic N) is 2. The minimum atomic E-state index is -0.144. The normalized spacial score (nSPS) is 22.0. The first-order valence-electron chi connectivity index (χ1n) is 6.59. The molecule has 1 saturated heterocycles. The molecule has 0 saturated carbocycles. The highest BCUT2D eigenvalue weighted by Gasteiger charge is 2.33. The van der Waals surface area contributed by atoms with Gasteiger partial charge in [-0.3, -0.25) is 4.79 Å². The van der Waals surface area contributed by atoms with Gasteiger partial charge in [0.05, 0.1) is 11.9 Å². The molecule has 0 radical (unpaired) electrons. The third kappa shape index (κ3) is 2.45. The van der Waals surface area contributed by atoms with Gasteiger partial charge in [-0.1, -0.05) is 42.1 Å². The van der Waals surface area contributed by atoms with E-state index in [1.54, 1.807) is 0 Å². The van der Waals surface area contributed by atoms with Crippen molar-refractivity contribution in [2.24, 2.45) is 7.05 Å². The van der Waals surface area contributed by atoms with Crippen LogP contribution in [0.3, 0.4) is 0 Å². The van der Waals surface area contributed by atoms with Crippen LogP contribution in [-0.4, -0.2) is 26.9 Å². The Morgan fingerprint density at radius 2 is 2.10 bits per heavy atom. The first-order chi connectivity index (χ1) is 9.65. The molecule has 0 N–H and O–H groups in total. The fourth-order valence-electron chi connectivity index (χ4n) is 2.32. The van der Waals surface area contributed by atoms with E-state index >= 15 is 0 Å². The summed E-state index contributed by atoms with van der Waals surface area (Å²) in [5.41, 5.74) is 2.17. The van der Waals surface area contributed by atoms with Crippen molar-refractivity contribution < 1.29 is 9.53 Å². The Bertz CT molecular complexity index is 624. The van der Waals surface area contributed by atoms with Crippen LogP contribution < -0.4 is 0 Å². The molecule has 1 aliphatic heterocycles. The van der Waals surface area contributed by atoms with E-state index in [1.165, 1.54) is 11.8 Å². The minimum absolute atomic E-state index is 0.00821. The molecule has 20 heavy (non-hydrogen) atoms. The number of aromatic nitrogens is 2. The number of ether oxygens (including phenoxy) is 1. The molecule has 3 rings (SSSR count). The van der Waals surface area contributed by atoms with Crippen LogP contribution in [0.25, 0.3) is 11.3 Å². The van der Waals surface area contributed by atoms with Crippen LogP contribution >= 0.6 is 11.8 Å². The van der Waals surface area contributed by atoms with Crippen LogP contribution in [0, 0.1) is 0 Å². The lowest BCUT2D eigenvalue weighted by atomic mass is 10.2. The Hall–Kier alpha value is -1.75. The first kappa shape index (κ1) is 13.2. The summed E-state index contributed by atoms with van der Waals surface area (Å²) in [7, 11) is 1.97. The smallest absolute Gasteiger partial charge is 0.319 e. The highest BCUT2D eigenvalue weighted by atomic mass is 32.2. The lowest BCUT2D eigenvalue weighted by molar-refractivity contribution is -0.140. The van der Waals surface area contributed by atoms with Gasteiger partial charge in [0, 0.05) is 13.5 Å². The summed E-state index contributed by atoms with van der Waals surface area (Å²) in [6, 6.07) is 10.1. The number of cyclic esters (lactones) is 1. The van der Waals surface area contributed by atoms with Gasteiger partial charge >= 0.3 is 5.97 Å². The van der Waals surface area contributed by atoms with Gasteiger partial charge in [0.2, 0.25) is 0 Å². The zero-order valence-electron chi connectivity index (χ0n) is 11.4. The van der Waals surface area contributed by atoms with Gasteiger partial charge in [-0.05, 0) is 12.5 Å². The molecule has 2 atom stereocenters. The van der Waals surface area contributed by atoms with E-state index in [4.69, 9.17) is 4.74 Å². The van der Waals surface area contributed by atoms with Gasteiger partial charge in [0.15, 0.2) is 5.16 Å². The molecule has 0 spiro atoms. The van der Waals surface area contributed by atoms with E-state index in [1.807, 2.05) is 42.9 Å². The summed E-state index contributed by atoms with van der Waals surface area (Å²) in [5.74, 6) is -0.133. The molecule has 0 unspecified atom stereocenters. The Labute approximate surface area is 122 Å². The number of hydrogen-bond acceptors (Lipinski definition) is 4. The number of carbonyl (C=O) groups excluding carboxylic acids is 1. The predicted octanol–water partition coefficient (Wildman–Crippen LogP) is 2.88. The van der Waals surface area contributed by atoms with Crippen LogP contribution in [-0.2, 0) is 16.6 Å². The summed E-state index contributed by atoms with van der Waals surface area (Å²) in [6.07, 6.45) is 2.60. The first-order valence-corrected chi connectivity index (χ1v) is 7.47. The zero-order chi connectivity index (χ0) is 14.1. The van der Waals surface area contributed by atoms with Gasteiger partial charge in [-0.2, -0.15) is 0 Å². The van der Waals surface area contributed by atoms with E-state index in [0.29, 0.717) is 0 Å². The van der Waals surface area contributed by atoms with Crippen LogP contribution in [0.15, 0.2) is 41.7 Å². The third-order valence-corrected chi connectivity index (χ3v) is 4.65. The quantitative estimate of drug-likeness (QED) is 0.815. The van der Waals surface area contributed by atoms with Crippen molar-refractivity contribution in [3.63, 3.8) is 0 Å². The Morgan fingerprint density at radius 3 is 2.75 bits per heavy atom. The van der Waals surface area contributed by atoms with Crippen molar-refractivity contribution in [3.8, 4) is 11.3 Å². The molecule has 1 fully saturated rings. The molecular formula is C15H16N2O2S. The summed E-state index contributed by atoms with van der Waals surface area (Å²) in [6.45, 7) is 1.92. The van der Waals surface area contributed by atoms with Gasteiger partial charge in [-0.15, -0.1) is 0 Å². The lowest BCUT2D eigenvalue weighted by Gasteiger charge is -2.07. The number of imidazole rings is 1. The highest BCUT2D eigenvalue weighted by Crippen LogP contribution is 2.33. The molecule has 1 aromatic carbocycles. The standard InChI is InChI=1S/C15H16N2O2S/c1-10-8-13(14(18)19-10)20-15-16-9-12(17(15)2)11-6-4-3-5-7-11/h3-7,9-10,13H,8H2,1-2H3/t10-,13+/m1/s1. The zero-order valence-corrected chi connectivity index (χ0v) is 12.3. The van der Waals surface area contributed by atoms with E-state index in [9.17, 15) is 4.79 Å². The van der Waals surface area contributed by atoms with Gasteiger partial charge in [0.1, 0.15) is 11.4 Å². The number of hydrogen-bond donors (Lipinski definition) is 0. The molecule has 1 aliphatic rings.